The van der Waals surface area contributed by atoms with Crippen molar-refractivity contribution in [3.8, 4) is 22.7 Å². The van der Waals surface area contributed by atoms with Crippen LogP contribution in [0.4, 0.5) is 0 Å². The van der Waals surface area contributed by atoms with Crippen LogP contribution >= 0.6 is 11.6 Å². The van der Waals surface area contributed by atoms with Gasteiger partial charge in [-0.1, -0.05) is 23.7 Å². The Morgan fingerprint density at radius 3 is 2.65 bits per heavy atom. The van der Waals surface area contributed by atoms with Gasteiger partial charge in [-0.2, -0.15) is 5.10 Å². The highest BCUT2D eigenvalue weighted by Crippen LogP contribution is 2.26. The Hall–Kier alpha value is -2.79. The van der Waals surface area contributed by atoms with Crippen molar-refractivity contribution >= 4 is 17.5 Å². The Morgan fingerprint density at radius 2 is 1.96 bits per heavy atom. The molecule has 0 saturated heterocycles. The highest BCUT2D eigenvalue weighted by atomic mass is 35.5. The maximum absolute atomic E-state index is 12.7. The van der Waals surface area contributed by atoms with Gasteiger partial charge in [-0.15, -0.1) is 0 Å². The van der Waals surface area contributed by atoms with Crippen LogP contribution in [-0.2, 0) is 0 Å². The molecule has 2 aromatic carbocycles. The first kappa shape index (κ1) is 16.7. The van der Waals surface area contributed by atoms with E-state index >= 15 is 0 Å². The Kier molecular flexibility index (Phi) is 4.39. The molecule has 1 N–H and O–H groups in total. The molecule has 132 valence electrons. The summed E-state index contributed by atoms with van der Waals surface area (Å²) in [4.78, 5) is 12.7. The van der Waals surface area contributed by atoms with Gasteiger partial charge in [0.2, 0.25) is 0 Å². The van der Waals surface area contributed by atoms with Crippen molar-refractivity contribution in [3.63, 3.8) is 0 Å². The molecule has 1 aromatic heterocycles. The van der Waals surface area contributed by atoms with E-state index in [1.807, 2.05) is 36.4 Å². The average Bonchev–Trinajstić information content (AvgIpc) is 3.36. The second kappa shape index (κ2) is 6.84. The number of amides is 1. The van der Waals surface area contributed by atoms with Crippen LogP contribution in [0.15, 0.2) is 54.6 Å². The zero-order chi connectivity index (χ0) is 18.1. The summed E-state index contributed by atoms with van der Waals surface area (Å²) in [5.74, 6) is 0.622. The zero-order valence-electron chi connectivity index (χ0n) is 14.3. The highest BCUT2D eigenvalue weighted by molar-refractivity contribution is 6.30. The third-order valence-electron chi connectivity index (χ3n) is 4.29. The Balaban J connectivity index is 1.78. The van der Waals surface area contributed by atoms with Crippen LogP contribution in [-0.4, -0.2) is 28.8 Å². The zero-order valence-corrected chi connectivity index (χ0v) is 15.0. The molecule has 1 amide bonds. The van der Waals surface area contributed by atoms with Crippen molar-refractivity contribution < 1.29 is 9.53 Å². The lowest BCUT2D eigenvalue weighted by molar-refractivity contribution is 0.0943. The molecule has 0 spiro atoms. The van der Waals surface area contributed by atoms with Crippen LogP contribution in [0.2, 0.25) is 5.02 Å². The minimum Gasteiger partial charge on any atom is -0.497 e. The van der Waals surface area contributed by atoms with Crippen molar-refractivity contribution in [1.82, 2.24) is 15.1 Å². The van der Waals surface area contributed by atoms with Gasteiger partial charge in [-0.3, -0.25) is 4.79 Å². The Labute approximate surface area is 156 Å². The number of hydrogen-bond donors (Lipinski definition) is 1. The molecule has 4 rings (SSSR count). The number of benzene rings is 2. The van der Waals surface area contributed by atoms with Crippen molar-refractivity contribution in [2.45, 2.75) is 18.9 Å². The summed E-state index contributed by atoms with van der Waals surface area (Å²) < 4.78 is 6.95. The topological polar surface area (TPSA) is 56.1 Å². The second-order valence-electron chi connectivity index (χ2n) is 6.28. The van der Waals surface area contributed by atoms with Gasteiger partial charge in [0.15, 0.2) is 0 Å². The van der Waals surface area contributed by atoms with Gasteiger partial charge in [0.1, 0.15) is 11.4 Å². The molecule has 1 fully saturated rings. The van der Waals surface area contributed by atoms with Crippen molar-refractivity contribution in [1.29, 1.82) is 0 Å². The third kappa shape index (κ3) is 3.44. The largest absolute Gasteiger partial charge is 0.497 e. The van der Waals surface area contributed by atoms with Crippen LogP contribution in [0.5, 0.6) is 5.75 Å². The lowest BCUT2D eigenvalue weighted by Gasteiger charge is -2.07. The fourth-order valence-electron chi connectivity index (χ4n) is 2.73. The third-order valence-corrected chi connectivity index (χ3v) is 4.54. The molecule has 5 nitrogen and oxygen atoms in total. The minimum atomic E-state index is -0.121. The monoisotopic (exact) mass is 367 g/mol. The van der Waals surface area contributed by atoms with E-state index in [2.05, 4.69) is 10.4 Å². The second-order valence-corrected chi connectivity index (χ2v) is 6.72. The summed E-state index contributed by atoms with van der Waals surface area (Å²) in [6.07, 6.45) is 2.06. The van der Waals surface area contributed by atoms with Gasteiger partial charge in [-0.05, 0) is 55.3 Å². The molecule has 0 aliphatic heterocycles. The number of carbonyl (C=O) groups is 1. The number of ether oxygens (including phenoxy) is 1. The maximum Gasteiger partial charge on any atom is 0.270 e. The molecule has 1 heterocycles. The number of rotatable bonds is 5. The summed E-state index contributed by atoms with van der Waals surface area (Å²) in [5, 5.41) is 8.33. The normalized spacial score (nSPS) is 13.5. The molecule has 6 heteroatoms. The van der Waals surface area contributed by atoms with E-state index < -0.39 is 0 Å². The summed E-state index contributed by atoms with van der Waals surface area (Å²) in [6, 6.07) is 17.0. The van der Waals surface area contributed by atoms with Crippen LogP contribution < -0.4 is 10.1 Å². The number of nitrogens with zero attached hydrogens (tertiary/aromatic N) is 2. The summed E-state index contributed by atoms with van der Waals surface area (Å²) in [6.45, 7) is 0. The maximum atomic E-state index is 12.7. The van der Waals surface area contributed by atoms with Crippen molar-refractivity contribution in [2.24, 2.45) is 0 Å². The van der Waals surface area contributed by atoms with E-state index in [0.717, 1.165) is 29.8 Å². The molecular weight excluding hydrogens is 350 g/mol. The van der Waals surface area contributed by atoms with E-state index in [9.17, 15) is 4.79 Å². The standard InChI is InChI=1S/C20H18ClN3O2/c1-26-17-4-2-3-13(11-17)18-12-19(20(25)22-15-7-8-15)24(23-18)16-9-5-14(21)6-10-16/h2-6,9-12,15H,7-8H2,1H3,(H,22,25). The van der Waals surface area contributed by atoms with Gasteiger partial charge >= 0.3 is 0 Å². The number of nitrogens with one attached hydrogen (secondary N) is 1. The lowest BCUT2D eigenvalue weighted by Crippen LogP contribution is -2.27. The molecule has 3 aromatic rings. The first-order valence-electron chi connectivity index (χ1n) is 8.45. The smallest absolute Gasteiger partial charge is 0.270 e. The van der Waals surface area contributed by atoms with Gasteiger partial charge in [0, 0.05) is 16.6 Å². The van der Waals surface area contributed by atoms with Crippen LogP contribution in [0.1, 0.15) is 23.3 Å². The van der Waals surface area contributed by atoms with Crippen molar-refractivity contribution in [2.75, 3.05) is 7.11 Å². The molecule has 0 unspecified atom stereocenters. The van der Waals surface area contributed by atoms with Crippen LogP contribution in [0.25, 0.3) is 16.9 Å². The highest BCUT2D eigenvalue weighted by Gasteiger charge is 2.26. The SMILES string of the molecule is COc1cccc(-c2cc(C(=O)NC3CC3)n(-c3ccc(Cl)cc3)n2)c1. The first-order valence-corrected chi connectivity index (χ1v) is 8.83. The Morgan fingerprint density at radius 1 is 1.19 bits per heavy atom. The van der Waals surface area contributed by atoms with E-state index in [1.54, 1.807) is 30.0 Å². The molecule has 26 heavy (non-hydrogen) atoms. The van der Waals surface area contributed by atoms with E-state index in [-0.39, 0.29) is 11.9 Å². The molecular formula is C20H18ClN3O2. The van der Waals surface area contributed by atoms with Crippen LogP contribution in [0.3, 0.4) is 0 Å². The lowest BCUT2D eigenvalue weighted by atomic mass is 10.1. The molecule has 1 saturated carbocycles. The summed E-state index contributed by atoms with van der Waals surface area (Å²) >= 11 is 5.99. The van der Waals surface area contributed by atoms with Gasteiger partial charge in [-0.25, -0.2) is 4.68 Å². The van der Waals surface area contributed by atoms with Gasteiger partial charge in [0.05, 0.1) is 18.5 Å². The van der Waals surface area contributed by atoms with E-state index in [1.165, 1.54) is 0 Å². The fraction of sp³-hybridized carbons (Fsp3) is 0.200. The predicted molar refractivity (Wildman–Crippen MR) is 101 cm³/mol. The first-order chi connectivity index (χ1) is 12.6. The van der Waals surface area contributed by atoms with Crippen LogP contribution in [0, 0.1) is 0 Å². The number of hydrogen-bond acceptors (Lipinski definition) is 3. The van der Waals surface area contributed by atoms with Crippen molar-refractivity contribution in [3.05, 3.63) is 65.3 Å². The molecule has 0 atom stereocenters. The summed E-state index contributed by atoms with van der Waals surface area (Å²) in [5.41, 5.74) is 2.87. The average molecular weight is 368 g/mol. The molecule has 0 bridgehead atoms. The quantitative estimate of drug-likeness (QED) is 0.738. The van der Waals surface area contributed by atoms with Gasteiger partial charge < -0.3 is 10.1 Å². The molecule has 0 radical (unpaired) electrons. The van der Waals surface area contributed by atoms with Gasteiger partial charge in [0.25, 0.3) is 5.91 Å². The fourth-order valence-corrected chi connectivity index (χ4v) is 2.86. The predicted octanol–water partition coefficient (Wildman–Crippen LogP) is 4.09. The Bertz CT molecular complexity index is 946. The molecule has 1 aliphatic rings. The molecule has 1 aliphatic carbocycles. The number of methoxy groups -OCH3 is 1. The summed E-state index contributed by atoms with van der Waals surface area (Å²) in [7, 11) is 1.62. The number of halogens is 1. The number of aromatic nitrogens is 2. The number of carbonyl (C=O) groups excluding carboxylic acids is 1. The van der Waals surface area contributed by atoms with E-state index in [4.69, 9.17) is 16.3 Å². The van der Waals surface area contributed by atoms with E-state index in [0.29, 0.717) is 16.4 Å². The minimum absolute atomic E-state index is 0.121.